The molecular weight excluding hydrogens is 453 g/mol. The molecule has 3 aliphatic heterocycles. The number of likely N-dealkylation sites (N-methyl/N-ethyl adjacent to an activating group) is 1. The van der Waals surface area contributed by atoms with Gasteiger partial charge in [0.25, 0.3) is 5.91 Å². The third kappa shape index (κ3) is 3.25. The van der Waals surface area contributed by atoms with E-state index >= 15 is 0 Å². The van der Waals surface area contributed by atoms with Gasteiger partial charge < -0.3 is 19.4 Å². The fourth-order valence-electron chi connectivity index (χ4n) is 4.41. The molecule has 0 radical (unpaired) electrons. The second-order valence-electron chi connectivity index (χ2n) is 7.90. The molecule has 2 aromatic carbocycles. The third-order valence-corrected chi connectivity index (χ3v) is 6.83. The number of methoxy groups -OCH3 is 1. The number of hydrogen-bond acceptors (Lipinski definition) is 6. The van der Waals surface area contributed by atoms with Crippen molar-refractivity contribution < 1.29 is 14.3 Å². The number of fused-ring (bicyclic) bond motifs is 3. The van der Waals surface area contributed by atoms with Crippen molar-refractivity contribution >= 4 is 46.8 Å². The first-order chi connectivity index (χ1) is 15.4. The molecule has 2 fully saturated rings. The van der Waals surface area contributed by atoms with Crippen molar-refractivity contribution in [2.75, 3.05) is 32.1 Å². The lowest BCUT2D eigenvalue weighted by Crippen LogP contribution is -2.64. The molecule has 0 spiro atoms. The molecule has 0 bridgehead atoms. The average Bonchev–Trinajstić information content (AvgIpc) is 3.37. The van der Waals surface area contributed by atoms with E-state index in [2.05, 4.69) is 4.90 Å². The van der Waals surface area contributed by atoms with E-state index < -0.39 is 12.2 Å². The van der Waals surface area contributed by atoms with Gasteiger partial charge in [0, 0.05) is 25.8 Å². The summed E-state index contributed by atoms with van der Waals surface area (Å²) in [6, 6.07) is 11.9. The van der Waals surface area contributed by atoms with Crippen LogP contribution in [0.15, 0.2) is 47.5 Å². The van der Waals surface area contributed by atoms with E-state index in [-0.39, 0.29) is 18.5 Å². The summed E-state index contributed by atoms with van der Waals surface area (Å²) in [5.41, 5.74) is 1.69. The first-order valence-corrected chi connectivity index (χ1v) is 10.9. The van der Waals surface area contributed by atoms with Crippen LogP contribution in [0.25, 0.3) is 0 Å². The van der Waals surface area contributed by atoms with Crippen LogP contribution in [-0.2, 0) is 11.3 Å². The average molecular weight is 474 g/mol. The van der Waals surface area contributed by atoms with E-state index in [1.54, 1.807) is 32.4 Å². The number of carbonyl (C=O) groups excluding carboxylic acids is 2. The quantitative estimate of drug-likeness (QED) is 0.681. The van der Waals surface area contributed by atoms with Crippen LogP contribution >= 0.6 is 23.2 Å². The summed E-state index contributed by atoms with van der Waals surface area (Å²) in [7, 11) is 3.30. The van der Waals surface area contributed by atoms with Gasteiger partial charge in [0.05, 0.1) is 23.7 Å². The van der Waals surface area contributed by atoms with Crippen molar-refractivity contribution in [2.45, 2.75) is 18.8 Å². The summed E-state index contributed by atoms with van der Waals surface area (Å²) in [4.78, 5) is 38.1. The number of hydrogen-bond donors (Lipinski definition) is 0. The number of imide groups is 1. The number of anilines is 1. The summed E-state index contributed by atoms with van der Waals surface area (Å²) in [6.07, 6.45) is -0.559. The number of aliphatic imine (C=N–C) groups is 1. The Bertz CT molecular complexity index is 1120. The van der Waals surface area contributed by atoms with Crippen LogP contribution in [0.4, 0.5) is 10.5 Å². The molecule has 0 N–H and O–H groups in total. The van der Waals surface area contributed by atoms with Crippen LogP contribution in [0, 0.1) is 0 Å². The molecule has 2 saturated heterocycles. The fraction of sp³-hybridized carbons (Fsp3) is 0.318. The van der Waals surface area contributed by atoms with Gasteiger partial charge >= 0.3 is 6.03 Å². The maximum Gasteiger partial charge on any atom is 0.328 e. The fourth-order valence-corrected chi connectivity index (χ4v) is 4.73. The SMILES string of the molecule is COc1ccc(N2CCN3C2=NC2C3C(=O)N(Cc3ccc(Cl)c(Cl)c3)C(=O)N2C)cc1. The lowest BCUT2D eigenvalue weighted by Gasteiger charge is -2.40. The van der Waals surface area contributed by atoms with Crippen LogP contribution in [0.3, 0.4) is 0 Å². The molecule has 0 saturated carbocycles. The predicted octanol–water partition coefficient (Wildman–Crippen LogP) is 3.28. The molecule has 8 nitrogen and oxygen atoms in total. The van der Waals surface area contributed by atoms with Gasteiger partial charge in [-0.2, -0.15) is 0 Å². The van der Waals surface area contributed by atoms with Crippen molar-refractivity contribution in [2.24, 2.45) is 4.99 Å². The zero-order chi connectivity index (χ0) is 22.6. The monoisotopic (exact) mass is 473 g/mol. The molecule has 5 rings (SSSR count). The number of amides is 3. The lowest BCUT2D eigenvalue weighted by atomic mass is 10.1. The van der Waals surface area contributed by atoms with Crippen molar-refractivity contribution in [3.63, 3.8) is 0 Å². The molecule has 166 valence electrons. The van der Waals surface area contributed by atoms with Crippen LogP contribution in [0.5, 0.6) is 5.75 Å². The lowest BCUT2D eigenvalue weighted by molar-refractivity contribution is -0.137. The summed E-state index contributed by atoms with van der Waals surface area (Å²) in [5, 5.41) is 0.807. The number of ether oxygens (including phenoxy) is 1. The van der Waals surface area contributed by atoms with Crippen molar-refractivity contribution in [1.29, 1.82) is 0 Å². The first-order valence-electron chi connectivity index (χ1n) is 10.2. The zero-order valence-corrected chi connectivity index (χ0v) is 19.0. The Balaban J connectivity index is 1.41. The second kappa shape index (κ2) is 7.86. The van der Waals surface area contributed by atoms with Gasteiger partial charge in [-0.1, -0.05) is 29.3 Å². The minimum atomic E-state index is -0.559. The Morgan fingerprint density at radius 3 is 2.50 bits per heavy atom. The molecule has 2 atom stereocenters. The molecule has 2 aromatic rings. The summed E-state index contributed by atoms with van der Waals surface area (Å²) in [5.74, 6) is 1.21. The van der Waals surface area contributed by atoms with Gasteiger partial charge in [-0.15, -0.1) is 0 Å². The Kier molecular flexibility index (Phi) is 5.14. The second-order valence-corrected chi connectivity index (χ2v) is 8.71. The summed E-state index contributed by atoms with van der Waals surface area (Å²) < 4.78 is 5.24. The van der Waals surface area contributed by atoms with E-state index in [0.29, 0.717) is 29.1 Å². The van der Waals surface area contributed by atoms with E-state index in [9.17, 15) is 9.59 Å². The van der Waals surface area contributed by atoms with Crippen LogP contribution in [0.2, 0.25) is 10.0 Å². The molecule has 2 unspecified atom stereocenters. The molecule has 32 heavy (non-hydrogen) atoms. The van der Waals surface area contributed by atoms with Crippen molar-refractivity contribution in [3.05, 3.63) is 58.1 Å². The summed E-state index contributed by atoms with van der Waals surface area (Å²) >= 11 is 12.1. The molecule has 0 aliphatic carbocycles. The highest BCUT2D eigenvalue weighted by Crippen LogP contribution is 2.34. The number of urea groups is 1. The highest BCUT2D eigenvalue weighted by Gasteiger charge is 2.54. The molecular formula is C22H21Cl2N5O3. The topological polar surface area (TPSA) is 68.7 Å². The standard InChI is InChI=1S/C22H21Cl2N5O3/c1-26-19-18(20(30)29(22(26)31)12-13-3-8-16(23)17(24)11-13)28-10-9-27(21(28)25-19)14-4-6-15(32-2)7-5-14/h3-8,11,18-19H,9-10,12H2,1-2H3. The minimum absolute atomic E-state index is 0.119. The highest BCUT2D eigenvalue weighted by atomic mass is 35.5. The van der Waals surface area contributed by atoms with E-state index in [4.69, 9.17) is 32.9 Å². The molecule has 3 heterocycles. The van der Waals surface area contributed by atoms with E-state index in [1.165, 1.54) is 9.80 Å². The maximum atomic E-state index is 13.5. The van der Waals surface area contributed by atoms with E-state index in [0.717, 1.165) is 17.0 Å². The number of benzene rings is 2. The Morgan fingerprint density at radius 2 is 1.81 bits per heavy atom. The predicted molar refractivity (Wildman–Crippen MR) is 122 cm³/mol. The number of halogens is 2. The van der Waals surface area contributed by atoms with Gasteiger partial charge in [0.2, 0.25) is 5.96 Å². The Labute approximate surface area is 195 Å². The maximum absolute atomic E-state index is 13.5. The summed E-state index contributed by atoms with van der Waals surface area (Å²) in [6.45, 7) is 1.46. The minimum Gasteiger partial charge on any atom is -0.497 e. The largest absolute Gasteiger partial charge is 0.497 e. The number of carbonyl (C=O) groups is 2. The van der Waals surface area contributed by atoms with E-state index in [1.807, 2.05) is 29.2 Å². The molecule has 3 amide bonds. The third-order valence-electron chi connectivity index (χ3n) is 6.09. The number of rotatable bonds is 4. The number of nitrogens with zero attached hydrogens (tertiary/aromatic N) is 5. The normalized spacial score (nSPS) is 22.3. The van der Waals surface area contributed by atoms with Gasteiger partial charge in [-0.3, -0.25) is 9.69 Å². The highest BCUT2D eigenvalue weighted by molar-refractivity contribution is 6.42. The van der Waals surface area contributed by atoms with Crippen LogP contribution in [0.1, 0.15) is 5.56 Å². The van der Waals surface area contributed by atoms with Gasteiger partial charge in [-0.05, 0) is 42.0 Å². The molecule has 10 heteroatoms. The zero-order valence-electron chi connectivity index (χ0n) is 17.5. The molecule has 3 aliphatic rings. The van der Waals surface area contributed by atoms with Crippen LogP contribution in [-0.4, -0.2) is 72.1 Å². The van der Waals surface area contributed by atoms with Gasteiger partial charge in [0.1, 0.15) is 5.75 Å². The molecule has 0 aromatic heterocycles. The van der Waals surface area contributed by atoms with Crippen LogP contribution < -0.4 is 9.64 Å². The first kappa shape index (κ1) is 20.9. The van der Waals surface area contributed by atoms with Gasteiger partial charge in [-0.25, -0.2) is 9.79 Å². The number of guanidine groups is 1. The Hall–Kier alpha value is -2.97. The van der Waals surface area contributed by atoms with Crippen molar-refractivity contribution in [1.82, 2.24) is 14.7 Å². The van der Waals surface area contributed by atoms with Gasteiger partial charge in [0.15, 0.2) is 12.2 Å². The Morgan fingerprint density at radius 1 is 1.06 bits per heavy atom. The van der Waals surface area contributed by atoms with Crippen molar-refractivity contribution in [3.8, 4) is 5.75 Å². The smallest absolute Gasteiger partial charge is 0.328 e.